The number of hydrogen-bond donors (Lipinski definition) is 4. The molecule has 2 heterocycles. The highest BCUT2D eigenvalue weighted by atomic mass is 16.6. The molecule has 0 saturated carbocycles. The summed E-state index contributed by atoms with van der Waals surface area (Å²) >= 11 is 0. The maximum absolute atomic E-state index is 11.5. The first-order chi connectivity index (χ1) is 8.04. The molecule has 8 heteroatoms. The molecule has 0 bridgehead atoms. The van der Waals surface area contributed by atoms with E-state index in [-0.39, 0.29) is 5.75 Å². The lowest BCUT2D eigenvalue weighted by atomic mass is 10.1. The van der Waals surface area contributed by atoms with Crippen molar-refractivity contribution in [2.45, 2.75) is 24.5 Å². The number of hydrogen-bond acceptors (Lipinski definition) is 7. The van der Waals surface area contributed by atoms with Crippen LogP contribution in [0.3, 0.4) is 0 Å². The highest BCUT2D eigenvalue weighted by Crippen LogP contribution is 2.27. The van der Waals surface area contributed by atoms with Crippen molar-refractivity contribution >= 4 is 0 Å². The number of aromatic hydroxyl groups is 1. The standard InChI is InChI=1S/C9H12N2O6/c12-3-5-7(15)8(16)9(17-5)11-6(14)1-4(13)2-10-11/h1-2,5,7-9,12-13,15-16H,3H2/t5-,7-,8-,9-/m1/s1. The first-order valence-corrected chi connectivity index (χ1v) is 4.95. The fourth-order valence-electron chi connectivity index (χ4n) is 1.68. The second kappa shape index (κ2) is 4.41. The zero-order valence-electron chi connectivity index (χ0n) is 8.67. The number of aliphatic hydroxyl groups is 3. The van der Waals surface area contributed by atoms with E-state index in [9.17, 15) is 15.0 Å². The van der Waals surface area contributed by atoms with Crippen LogP contribution in [0.1, 0.15) is 6.23 Å². The molecule has 8 nitrogen and oxygen atoms in total. The summed E-state index contributed by atoms with van der Waals surface area (Å²) < 4.78 is 5.91. The molecule has 0 aliphatic carbocycles. The average molecular weight is 244 g/mol. The van der Waals surface area contributed by atoms with Crippen LogP contribution in [0.4, 0.5) is 0 Å². The fourth-order valence-corrected chi connectivity index (χ4v) is 1.68. The second-order valence-corrected chi connectivity index (χ2v) is 3.73. The lowest BCUT2D eigenvalue weighted by molar-refractivity contribution is -0.0611. The third-order valence-corrected chi connectivity index (χ3v) is 2.57. The monoisotopic (exact) mass is 244 g/mol. The van der Waals surface area contributed by atoms with Gasteiger partial charge in [0, 0.05) is 6.07 Å². The van der Waals surface area contributed by atoms with E-state index >= 15 is 0 Å². The lowest BCUT2D eigenvalue weighted by Gasteiger charge is -2.15. The van der Waals surface area contributed by atoms with Gasteiger partial charge in [0.1, 0.15) is 24.1 Å². The summed E-state index contributed by atoms with van der Waals surface area (Å²) in [6.45, 7) is -0.485. The molecule has 17 heavy (non-hydrogen) atoms. The summed E-state index contributed by atoms with van der Waals surface area (Å²) in [5.74, 6) is -0.307. The number of rotatable bonds is 2. The summed E-state index contributed by atoms with van der Waals surface area (Å²) in [5, 5.41) is 40.7. The molecule has 0 aromatic carbocycles. The molecule has 0 radical (unpaired) electrons. The van der Waals surface area contributed by atoms with Crippen LogP contribution in [0.15, 0.2) is 17.1 Å². The largest absolute Gasteiger partial charge is 0.506 e. The Hall–Kier alpha value is -1.48. The lowest BCUT2D eigenvalue weighted by Crippen LogP contribution is -2.36. The van der Waals surface area contributed by atoms with Gasteiger partial charge in [-0.25, -0.2) is 0 Å². The topological polar surface area (TPSA) is 125 Å². The molecule has 1 fully saturated rings. The number of ether oxygens (including phenoxy) is 1. The van der Waals surface area contributed by atoms with Crippen molar-refractivity contribution in [2.75, 3.05) is 6.61 Å². The van der Waals surface area contributed by atoms with Gasteiger partial charge in [0.15, 0.2) is 6.23 Å². The molecule has 2 rings (SSSR count). The molecule has 4 N–H and O–H groups in total. The number of nitrogens with zero attached hydrogens (tertiary/aromatic N) is 2. The van der Waals surface area contributed by atoms with E-state index in [0.717, 1.165) is 16.9 Å². The van der Waals surface area contributed by atoms with Crippen LogP contribution in [-0.2, 0) is 4.74 Å². The zero-order chi connectivity index (χ0) is 12.6. The molecule has 1 aromatic heterocycles. The van der Waals surface area contributed by atoms with E-state index < -0.39 is 36.7 Å². The van der Waals surface area contributed by atoms with Crippen molar-refractivity contribution in [3.63, 3.8) is 0 Å². The van der Waals surface area contributed by atoms with Crippen LogP contribution in [0, 0.1) is 0 Å². The second-order valence-electron chi connectivity index (χ2n) is 3.73. The minimum atomic E-state index is -1.37. The SMILES string of the molecule is O=c1cc(O)cnn1[C@@H]1O[C@H](CO)[C@@H](O)[C@H]1O. The van der Waals surface area contributed by atoms with Gasteiger partial charge in [0.2, 0.25) is 0 Å². The molecule has 94 valence electrons. The minimum Gasteiger partial charge on any atom is -0.506 e. The first-order valence-electron chi connectivity index (χ1n) is 4.95. The van der Waals surface area contributed by atoms with Gasteiger partial charge in [0.25, 0.3) is 5.56 Å². The van der Waals surface area contributed by atoms with Crippen LogP contribution >= 0.6 is 0 Å². The Labute approximate surface area is 95.3 Å². The van der Waals surface area contributed by atoms with Crippen LogP contribution < -0.4 is 5.56 Å². The number of aromatic nitrogens is 2. The average Bonchev–Trinajstić information content (AvgIpc) is 2.57. The first kappa shape index (κ1) is 12.0. The quantitative estimate of drug-likeness (QED) is 0.455. The van der Waals surface area contributed by atoms with Crippen molar-refractivity contribution < 1.29 is 25.2 Å². The van der Waals surface area contributed by atoms with Gasteiger partial charge >= 0.3 is 0 Å². The van der Waals surface area contributed by atoms with Gasteiger partial charge in [-0.2, -0.15) is 9.78 Å². The van der Waals surface area contributed by atoms with Gasteiger partial charge < -0.3 is 25.2 Å². The third kappa shape index (κ3) is 2.03. The van der Waals surface area contributed by atoms with Crippen molar-refractivity contribution in [1.82, 2.24) is 9.78 Å². The summed E-state index contributed by atoms with van der Waals surface area (Å²) in [6.07, 6.45) is -3.82. The Morgan fingerprint density at radius 1 is 1.41 bits per heavy atom. The van der Waals surface area contributed by atoms with E-state index in [4.69, 9.17) is 14.9 Å². The predicted molar refractivity (Wildman–Crippen MR) is 53.2 cm³/mol. The third-order valence-electron chi connectivity index (χ3n) is 2.57. The Morgan fingerprint density at radius 2 is 2.12 bits per heavy atom. The zero-order valence-corrected chi connectivity index (χ0v) is 8.67. The Balaban J connectivity index is 2.32. The maximum Gasteiger partial charge on any atom is 0.272 e. The summed E-state index contributed by atoms with van der Waals surface area (Å²) in [4.78, 5) is 11.5. The molecule has 1 aromatic rings. The van der Waals surface area contributed by atoms with Crippen molar-refractivity contribution in [2.24, 2.45) is 0 Å². The van der Waals surface area contributed by atoms with E-state index in [2.05, 4.69) is 5.10 Å². The smallest absolute Gasteiger partial charge is 0.272 e. The molecule has 1 aliphatic heterocycles. The van der Waals surface area contributed by atoms with Gasteiger partial charge in [0.05, 0.1) is 12.8 Å². The normalized spacial score (nSPS) is 32.9. The van der Waals surface area contributed by atoms with E-state index in [1.807, 2.05) is 0 Å². The van der Waals surface area contributed by atoms with Crippen LogP contribution in [0.5, 0.6) is 5.75 Å². The maximum atomic E-state index is 11.5. The van der Waals surface area contributed by atoms with Crippen LogP contribution in [0.25, 0.3) is 0 Å². The van der Waals surface area contributed by atoms with Crippen molar-refractivity contribution in [3.05, 3.63) is 22.6 Å². The molecule has 0 unspecified atom stereocenters. The Morgan fingerprint density at radius 3 is 2.65 bits per heavy atom. The number of aliphatic hydroxyl groups excluding tert-OH is 3. The van der Waals surface area contributed by atoms with Crippen LogP contribution in [-0.4, -0.2) is 55.1 Å². The van der Waals surface area contributed by atoms with Crippen molar-refractivity contribution in [1.29, 1.82) is 0 Å². The summed E-state index contributed by atoms with van der Waals surface area (Å²) in [6, 6.07) is 0.904. The highest BCUT2D eigenvalue weighted by molar-refractivity contribution is 5.11. The Kier molecular flexibility index (Phi) is 3.11. The molecule has 0 amide bonds. The molecule has 1 saturated heterocycles. The highest BCUT2D eigenvalue weighted by Gasteiger charge is 2.44. The van der Waals surface area contributed by atoms with E-state index in [1.165, 1.54) is 0 Å². The van der Waals surface area contributed by atoms with Gasteiger partial charge in [-0.15, -0.1) is 0 Å². The minimum absolute atomic E-state index is 0.307. The van der Waals surface area contributed by atoms with E-state index in [0.29, 0.717) is 0 Å². The summed E-state index contributed by atoms with van der Waals surface area (Å²) in [5.41, 5.74) is -0.681. The van der Waals surface area contributed by atoms with Gasteiger partial charge in [-0.1, -0.05) is 0 Å². The Bertz CT molecular complexity index is 461. The molecular formula is C9H12N2O6. The van der Waals surface area contributed by atoms with Gasteiger partial charge in [-0.05, 0) is 0 Å². The van der Waals surface area contributed by atoms with E-state index in [1.54, 1.807) is 0 Å². The molecule has 0 spiro atoms. The molecule has 4 atom stereocenters. The molecular weight excluding hydrogens is 232 g/mol. The summed E-state index contributed by atoms with van der Waals surface area (Å²) in [7, 11) is 0. The molecule has 1 aliphatic rings. The van der Waals surface area contributed by atoms with Gasteiger partial charge in [-0.3, -0.25) is 4.79 Å². The predicted octanol–water partition coefficient (Wildman–Crippen LogP) is -2.44. The van der Waals surface area contributed by atoms with Crippen LogP contribution in [0.2, 0.25) is 0 Å². The fraction of sp³-hybridized carbons (Fsp3) is 0.556. The van der Waals surface area contributed by atoms with Crippen molar-refractivity contribution in [3.8, 4) is 5.75 Å².